The third kappa shape index (κ3) is 2.61. The van der Waals surface area contributed by atoms with Crippen molar-refractivity contribution in [3.8, 4) is 0 Å². The lowest BCUT2D eigenvalue weighted by molar-refractivity contribution is 0.423. The number of hydrogen-bond acceptors (Lipinski definition) is 0. The third-order valence-corrected chi connectivity index (χ3v) is 7.25. The van der Waals surface area contributed by atoms with E-state index in [0.29, 0.717) is 6.42 Å². The highest BCUT2D eigenvalue weighted by atomic mass is 19.1. The minimum atomic E-state index is -0.566. The van der Waals surface area contributed by atoms with Gasteiger partial charge >= 0.3 is 0 Å². The molecule has 4 aromatic carbocycles. The Morgan fingerprint density at radius 1 is 0.618 bits per heavy atom. The minimum absolute atomic E-state index is 0.201. The molecule has 34 heavy (non-hydrogen) atoms. The summed E-state index contributed by atoms with van der Waals surface area (Å²) < 4.78 is 20.0. The van der Waals surface area contributed by atoms with Gasteiger partial charge in [-0.1, -0.05) is 72.8 Å². The molecule has 0 N–H and O–H groups in total. The molecule has 7 rings (SSSR count). The number of benzene rings is 4. The number of fused-ring (bicyclic) bond motifs is 6. The highest BCUT2D eigenvalue weighted by molar-refractivity contribution is 6.10. The molecule has 6 aromatic rings. The Labute approximate surface area is 196 Å². The summed E-state index contributed by atoms with van der Waals surface area (Å²) in [6, 6.07) is 33.7. The van der Waals surface area contributed by atoms with Crippen molar-refractivity contribution >= 4 is 49.3 Å². The molecular weight excluding hydrogens is 419 g/mol. The van der Waals surface area contributed by atoms with Crippen molar-refractivity contribution in [2.75, 3.05) is 0 Å². The van der Waals surface area contributed by atoms with Crippen LogP contribution in [0.1, 0.15) is 13.3 Å². The van der Waals surface area contributed by atoms with E-state index in [-0.39, 0.29) is 5.83 Å². The van der Waals surface area contributed by atoms with Crippen LogP contribution in [-0.2, 0) is 5.54 Å². The van der Waals surface area contributed by atoms with Gasteiger partial charge in [-0.05, 0) is 43.3 Å². The van der Waals surface area contributed by atoms with Crippen LogP contribution in [0.25, 0.3) is 49.3 Å². The zero-order valence-corrected chi connectivity index (χ0v) is 18.9. The molecule has 1 aliphatic rings. The van der Waals surface area contributed by atoms with Gasteiger partial charge in [0.2, 0.25) is 0 Å². The molecule has 0 spiro atoms. The molecule has 1 aliphatic carbocycles. The molecular formula is C31H23FN2. The quantitative estimate of drug-likeness (QED) is 0.255. The fraction of sp³-hybridized carbons (Fsp3) is 0.0968. The summed E-state index contributed by atoms with van der Waals surface area (Å²) >= 11 is 0. The largest absolute Gasteiger partial charge is 0.330 e. The van der Waals surface area contributed by atoms with Crippen molar-refractivity contribution in [2.45, 2.75) is 18.9 Å². The summed E-state index contributed by atoms with van der Waals surface area (Å²) in [6.07, 6.45) is 4.16. The van der Waals surface area contributed by atoms with Gasteiger partial charge in [-0.25, -0.2) is 4.39 Å². The van der Waals surface area contributed by atoms with Crippen LogP contribution in [-0.4, -0.2) is 9.13 Å². The van der Waals surface area contributed by atoms with Crippen LogP contribution in [0.2, 0.25) is 0 Å². The molecule has 0 saturated heterocycles. The van der Waals surface area contributed by atoms with Crippen LogP contribution in [0, 0.1) is 0 Å². The van der Waals surface area contributed by atoms with Gasteiger partial charge in [0.1, 0.15) is 5.83 Å². The molecule has 2 nitrogen and oxygen atoms in total. The molecule has 0 aliphatic heterocycles. The third-order valence-electron chi connectivity index (χ3n) is 7.25. The summed E-state index contributed by atoms with van der Waals surface area (Å²) in [5.41, 5.74) is 4.85. The Morgan fingerprint density at radius 3 is 1.53 bits per heavy atom. The SMILES string of the molecule is CC1(n2c3ccccc3c3ccccc32)C=C(F)C=C(n2c3ccccc3c3ccccc32)C1. The van der Waals surface area contributed by atoms with Crippen LogP contribution in [0.5, 0.6) is 0 Å². The minimum Gasteiger partial charge on any atom is -0.330 e. The van der Waals surface area contributed by atoms with Crippen LogP contribution in [0.4, 0.5) is 4.39 Å². The van der Waals surface area contributed by atoms with E-state index < -0.39 is 5.54 Å². The smallest absolute Gasteiger partial charge is 0.123 e. The first kappa shape index (κ1) is 19.4. The maximum absolute atomic E-state index is 15.5. The zero-order valence-electron chi connectivity index (χ0n) is 18.9. The fourth-order valence-corrected chi connectivity index (χ4v) is 5.96. The van der Waals surface area contributed by atoms with Crippen molar-refractivity contribution in [3.05, 3.63) is 115 Å². The van der Waals surface area contributed by atoms with E-state index >= 15 is 4.39 Å². The maximum atomic E-state index is 15.5. The van der Waals surface area contributed by atoms with Crippen molar-refractivity contribution < 1.29 is 4.39 Å². The lowest BCUT2D eigenvalue weighted by atomic mass is 9.89. The molecule has 1 atom stereocenters. The normalized spacial score (nSPS) is 18.6. The number of hydrogen-bond donors (Lipinski definition) is 0. The summed E-state index contributed by atoms with van der Waals surface area (Å²) in [6.45, 7) is 2.15. The number of nitrogens with zero attached hydrogens (tertiary/aromatic N) is 2. The van der Waals surface area contributed by atoms with E-state index in [0.717, 1.165) is 27.8 Å². The molecule has 1 unspecified atom stereocenters. The maximum Gasteiger partial charge on any atom is 0.123 e. The van der Waals surface area contributed by atoms with Gasteiger partial charge in [0.15, 0.2) is 0 Å². The number of halogens is 1. The van der Waals surface area contributed by atoms with Crippen LogP contribution in [0.15, 0.2) is 115 Å². The molecule has 3 heteroatoms. The average molecular weight is 443 g/mol. The highest BCUT2D eigenvalue weighted by Crippen LogP contribution is 2.43. The predicted octanol–water partition coefficient (Wildman–Crippen LogP) is 8.42. The molecule has 0 fully saturated rings. The van der Waals surface area contributed by atoms with E-state index in [4.69, 9.17) is 0 Å². The fourth-order valence-electron chi connectivity index (χ4n) is 5.96. The topological polar surface area (TPSA) is 9.86 Å². The van der Waals surface area contributed by atoms with Gasteiger partial charge in [0, 0.05) is 44.7 Å². The standard InChI is InChI=1S/C31H23FN2/c1-31(34-29-16-8-4-12-25(29)26-13-5-9-17-30(26)34)19-21(32)18-22(20-31)33-27-14-6-2-10-23(27)24-11-3-7-15-28(24)33/h2-19H,20H2,1H3. The molecule has 2 heterocycles. The second-order valence-corrected chi connectivity index (χ2v) is 9.44. The highest BCUT2D eigenvalue weighted by Gasteiger charge is 2.33. The van der Waals surface area contributed by atoms with Crippen molar-refractivity contribution in [3.63, 3.8) is 0 Å². The van der Waals surface area contributed by atoms with Crippen molar-refractivity contribution in [1.29, 1.82) is 0 Å². The lowest BCUT2D eigenvalue weighted by Crippen LogP contribution is -2.31. The van der Waals surface area contributed by atoms with Gasteiger partial charge in [-0.15, -0.1) is 0 Å². The lowest BCUT2D eigenvalue weighted by Gasteiger charge is -2.34. The van der Waals surface area contributed by atoms with Gasteiger partial charge in [-0.2, -0.15) is 0 Å². The van der Waals surface area contributed by atoms with Crippen LogP contribution >= 0.6 is 0 Å². The van der Waals surface area contributed by atoms with Gasteiger partial charge < -0.3 is 9.13 Å². The Kier molecular flexibility index (Phi) is 3.96. The first-order chi connectivity index (χ1) is 16.6. The molecule has 0 bridgehead atoms. The number of rotatable bonds is 2. The Hall–Kier alpha value is -4.11. The summed E-state index contributed by atoms with van der Waals surface area (Å²) in [5, 5.41) is 4.77. The van der Waals surface area contributed by atoms with E-state index in [1.54, 1.807) is 12.2 Å². The summed E-state index contributed by atoms with van der Waals surface area (Å²) in [7, 11) is 0. The van der Waals surface area contributed by atoms with Crippen LogP contribution in [0.3, 0.4) is 0 Å². The van der Waals surface area contributed by atoms with Gasteiger partial charge in [0.05, 0.1) is 16.6 Å². The average Bonchev–Trinajstić information content (AvgIpc) is 3.37. The van der Waals surface area contributed by atoms with E-state index in [9.17, 15) is 0 Å². The predicted molar refractivity (Wildman–Crippen MR) is 141 cm³/mol. The monoisotopic (exact) mass is 442 g/mol. The van der Waals surface area contributed by atoms with Crippen molar-refractivity contribution in [1.82, 2.24) is 9.13 Å². The molecule has 0 saturated carbocycles. The Bertz CT molecular complexity index is 1710. The first-order valence-corrected chi connectivity index (χ1v) is 11.7. The molecule has 0 radical (unpaired) electrons. The first-order valence-electron chi connectivity index (χ1n) is 11.7. The van der Waals surface area contributed by atoms with E-state index in [1.165, 1.54) is 21.5 Å². The molecule has 164 valence electrons. The molecule has 2 aromatic heterocycles. The Morgan fingerprint density at radius 2 is 1.03 bits per heavy atom. The second kappa shape index (κ2) is 6.94. The molecule has 0 amide bonds. The Balaban J connectivity index is 1.50. The number of para-hydroxylation sites is 4. The van der Waals surface area contributed by atoms with Gasteiger partial charge in [-0.3, -0.25) is 0 Å². The van der Waals surface area contributed by atoms with Gasteiger partial charge in [0.25, 0.3) is 0 Å². The zero-order chi connectivity index (χ0) is 22.9. The number of allylic oxidation sites excluding steroid dienone is 4. The number of aromatic nitrogens is 2. The summed E-state index contributed by atoms with van der Waals surface area (Å²) in [5.74, 6) is -0.201. The van der Waals surface area contributed by atoms with Crippen molar-refractivity contribution in [2.24, 2.45) is 0 Å². The second-order valence-electron chi connectivity index (χ2n) is 9.44. The van der Waals surface area contributed by atoms with E-state index in [1.807, 2.05) is 0 Å². The summed E-state index contributed by atoms with van der Waals surface area (Å²) in [4.78, 5) is 0. The van der Waals surface area contributed by atoms with Crippen LogP contribution < -0.4 is 0 Å². The van der Waals surface area contributed by atoms with E-state index in [2.05, 4.69) is 113 Å².